The molecule has 0 atom stereocenters. The zero-order valence-corrected chi connectivity index (χ0v) is 14.2. The summed E-state index contributed by atoms with van der Waals surface area (Å²) >= 11 is 0. The van der Waals surface area contributed by atoms with Crippen LogP contribution in [0.15, 0.2) is 36.4 Å². The second-order valence-electron chi connectivity index (χ2n) is 6.38. The summed E-state index contributed by atoms with van der Waals surface area (Å²) in [5.74, 6) is 0.232. The van der Waals surface area contributed by atoms with E-state index in [4.69, 9.17) is 4.74 Å². The van der Waals surface area contributed by atoms with Gasteiger partial charge < -0.3 is 14.6 Å². The first-order valence-corrected chi connectivity index (χ1v) is 8.43. The summed E-state index contributed by atoms with van der Waals surface area (Å²) in [6.07, 6.45) is -4.47. The normalized spacial score (nSPS) is 15.6. The maximum absolute atomic E-state index is 13.7. The zero-order valence-electron chi connectivity index (χ0n) is 14.2. The van der Waals surface area contributed by atoms with Gasteiger partial charge >= 0.3 is 6.18 Å². The van der Waals surface area contributed by atoms with Gasteiger partial charge in [0.15, 0.2) is 0 Å². The molecule has 1 fully saturated rings. The van der Waals surface area contributed by atoms with Crippen molar-refractivity contribution in [2.75, 3.05) is 31.2 Å². The monoisotopic (exact) mass is 361 g/mol. The standard InChI is InChI=1S/C19H18F3N3O/c1-12-3-2-4-16-17(12)24-18(23-16)14-6-5-13(11-15(14)19(20,21)22)25-7-9-26-10-8-25/h2-6,11H,7-10H2,1H3,(H,23,24). The number of hydrogen-bond donors (Lipinski definition) is 1. The van der Waals surface area contributed by atoms with Crippen molar-refractivity contribution in [2.24, 2.45) is 0 Å². The summed E-state index contributed by atoms with van der Waals surface area (Å²) in [7, 11) is 0. The Labute approximate surface area is 148 Å². The number of aromatic amines is 1. The van der Waals surface area contributed by atoms with E-state index < -0.39 is 11.7 Å². The number of nitrogens with zero attached hydrogens (tertiary/aromatic N) is 2. The van der Waals surface area contributed by atoms with Crippen molar-refractivity contribution in [3.8, 4) is 11.4 Å². The van der Waals surface area contributed by atoms with Gasteiger partial charge in [-0.05, 0) is 36.8 Å². The van der Waals surface area contributed by atoms with Crippen LogP contribution in [0.2, 0.25) is 0 Å². The predicted octanol–water partition coefficient (Wildman–Crippen LogP) is 4.39. The number of anilines is 1. The quantitative estimate of drug-likeness (QED) is 0.736. The summed E-state index contributed by atoms with van der Waals surface area (Å²) in [4.78, 5) is 9.34. The minimum absolute atomic E-state index is 0.0603. The van der Waals surface area contributed by atoms with Gasteiger partial charge in [-0.2, -0.15) is 13.2 Å². The SMILES string of the molecule is Cc1cccc2[nH]c(-c3ccc(N4CCOCC4)cc3C(F)(F)F)nc12. The fraction of sp³-hybridized carbons (Fsp3) is 0.316. The molecule has 0 aliphatic carbocycles. The lowest BCUT2D eigenvalue weighted by atomic mass is 10.0. The average Bonchev–Trinajstić information content (AvgIpc) is 3.07. The van der Waals surface area contributed by atoms with Crippen LogP contribution in [-0.2, 0) is 10.9 Å². The molecule has 4 rings (SSSR count). The van der Waals surface area contributed by atoms with Gasteiger partial charge in [0.05, 0.1) is 29.8 Å². The number of morpholine rings is 1. The van der Waals surface area contributed by atoms with E-state index in [2.05, 4.69) is 9.97 Å². The van der Waals surface area contributed by atoms with Gasteiger partial charge in [0.1, 0.15) is 5.82 Å². The molecule has 136 valence electrons. The fourth-order valence-corrected chi connectivity index (χ4v) is 3.29. The topological polar surface area (TPSA) is 41.2 Å². The number of aromatic nitrogens is 2. The molecule has 0 radical (unpaired) electrons. The van der Waals surface area contributed by atoms with Crippen LogP contribution in [-0.4, -0.2) is 36.3 Å². The van der Waals surface area contributed by atoms with E-state index in [9.17, 15) is 13.2 Å². The first-order chi connectivity index (χ1) is 12.4. The van der Waals surface area contributed by atoms with Crippen molar-refractivity contribution >= 4 is 16.7 Å². The molecule has 0 bridgehead atoms. The van der Waals surface area contributed by atoms with Crippen LogP contribution >= 0.6 is 0 Å². The van der Waals surface area contributed by atoms with Gasteiger partial charge in [0.25, 0.3) is 0 Å². The molecule has 1 aliphatic rings. The summed E-state index contributed by atoms with van der Waals surface area (Å²) < 4.78 is 46.5. The van der Waals surface area contributed by atoms with Crippen molar-refractivity contribution in [3.63, 3.8) is 0 Å². The van der Waals surface area contributed by atoms with Crippen molar-refractivity contribution < 1.29 is 17.9 Å². The lowest BCUT2D eigenvalue weighted by Crippen LogP contribution is -2.36. The fourth-order valence-electron chi connectivity index (χ4n) is 3.29. The van der Waals surface area contributed by atoms with Crippen LogP contribution in [0.5, 0.6) is 0 Å². The van der Waals surface area contributed by atoms with E-state index in [-0.39, 0.29) is 11.4 Å². The number of H-pyrrole nitrogens is 1. The van der Waals surface area contributed by atoms with Crippen LogP contribution in [0.4, 0.5) is 18.9 Å². The molecule has 2 aromatic carbocycles. The second kappa shape index (κ2) is 6.32. The van der Waals surface area contributed by atoms with E-state index in [1.165, 1.54) is 12.1 Å². The van der Waals surface area contributed by atoms with Crippen LogP contribution in [0.3, 0.4) is 0 Å². The van der Waals surface area contributed by atoms with Crippen LogP contribution in [0, 0.1) is 6.92 Å². The van der Waals surface area contributed by atoms with Crippen molar-refractivity contribution in [1.29, 1.82) is 0 Å². The van der Waals surface area contributed by atoms with E-state index in [0.29, 0.717) is 37.5 Å². The molecule has 0 saturated carbocycles. The Hall–Kier alpha value is -2.54. The van der Waals surface area contributed by atoms with E-state index in [0.717, 1.165) is 11.1 Å². The summed E-state index contributed by atoms with van der Waals surface area (Å²) in [6, 6.07) is 9.98. The molecule has 0 amide bonds. The minimum atomic E-state index is -4.47. The molecule has 4 nitrogen and oxygen atoms in total. The summed E-state index contributed by atoms with van der Waals surface area (Å²) in [5.41, 5.74) is 2.27. The zero-order chi connectivity index (χ0) is 18.3. The Morgan fingerprint density at radius 2 is 1.88 bits per heavy atom. The largest absolute Gasteiger partial charge is 0.417 e. The number of halogens is 3. The summed E-state index contributed by atoms with van der Waals surface area (Å²) in [5, 5.41) is 0. The van der Waals surface area contributed by atoms with E-state index in [1.807, 2.05) is 30.0 Å². The third kappa shape index (κ3) is 3.03. The van der Waals surface area contributed by atoms with Gasteiger partial charge in [-0.25, -0.2) is 4.98 Å². The molecule has 1 aliphatic heterocycles. The highest BCUT2D eigenvalue weighted by Gasteiger charge is 2.35. The smallest absolute Gasteiger partial charge is 0.378 e. The van der Waals surface area contributed by atoms with Gasteiger partial charge in [-0.15, -0.1) is 0 Å². The predicted molar refractivity (Wildman–Crippen MR) is 94.3 cm³/mol. The van der Waals surface area contributed by atoms with Gasteiger partial charge in [-0.1, -0.05) is 12.1 Å². The van der Waals surface area contributed by atoms with Crippen molar-refractivity contribution in [3.05, 3.63) is 47.5 Å². The maximum atomic E-state index is 13.7. The van der Waals surface area contributed by atoms with Crippen LogP contribution < -0.4 is 4.90 Å². The first-order valence-electron chi connectivity index (χ1n) is 8.43. The molecule has 0 unspecified atom stereocenters. The number of ether oxygens (including phenoxy) is 1. The molecule has 1 aromatic heterocycles. The Morgan fingerprint density at radius 3 is 2.58 bits per heavy atom. The first kappa shape index (κ1) is 16.9. The number of imidazole rings is 1. The molecular formula is C19H18F3N3O. The van der Waals surface area contributed by atoms with Gasteiger partial charge in [-0.3, -0.25) is 0 Å². The number of fused-ring (bicyclic) bond motifs is 1. The number of hydrogen-bond acceptors (Lipinski definition) is 3. The Balaban J connectivity index is 1.82. The molecular weight excluding hydrogens is 343 g/mol. The van der Waals surface area contributed by atoms with Crippen LogP contribution in [0.1, 0.15) is 11.1 Å². The molecule has 1 saturated heterocycles. The molecule has 26 heavy (non-hydrogen) atoms. The number of nitrogens with one attached hydrogen (secondary N) is 1. The average molecular weight is 361 g/mol. The third-order valence-corrected chi connectivity index (χ3v) is 4.65. The van der Waals surface area contributed by atoms with Gasteiger partial charge in [0, 0.05) is 24.3 Å². The number of alkyl halides is 3. The Morgan fingerprint density at radius 1 is 1.12 bits per heavy atom. The maximum Gasteiger partial charge on any atom is 0.417 e. The van der Waals surface area contributed by atoms with Crippen molar-refractivity contribution in [2.45, 2.75) is 13.1 Å². The Kier molecular flexibility index (Phi) is 4.11. The minimum Gasteiger partial charge on any atom is -0.378 e. The molecule has 2 heterocycles. The number of para-hydroxylation sites is 1. The highest BCUT2D eigenvalue weighted by Crippen LogP contribution is 2.39. The van der Waals surface area contributed by atoms with E-state index in [1.54, 1.807) is 6.07 Å². The molecule has 3 aromatic rings. The second-order valence-corrected chi connectivity index (χ2v) is 6.38. The highest BCUT2D eigenvalue weighted by molar-refractivity contribution is 5.83. The summed E-state index contributed by atoms with van der Waals surface area (Å²) in [6.45, 7) is 4.10. The lowest BCUT2D eigenvalue weighted by molar-refractivity contribution is -0.137. The molecule has 1 N–H and O–H groups in total. The van der Waals surface area contributed by atoms with Crippen molar-refractivity contribution in [1.82, 2.24) is 9.97 Å². The number of rotatable bonds is 2. The lowest BCUT2D eigenvalue weighted by Gasteiger charge is -2.29. The van der Waals surface area contributed by atoms with E-state index >= 15 is 0 Å². The molecule has 0 spiro atoms. The Bertz CT molecular complexity index is 943. The third-order valence-electron chi connectivity index (χ3n) is 4.65. The highest BCUT2D eigenvalue weighted by atomic mass is 19.4. The number of aryl methyl sites for hydroxylation is 1. The molecule has 7 heteroatoms. The number of benzene rings is 2. The van der Waals surface area contributed by atoms with Gasteiger partial charge in [0.2, 0.25) is 0 Å². The van der Waals surface area contributed by atoms with Crippen LogP contribution in [0.25, 0.3) is 22.4 Å².